The van der Waals surface area contributed by atoms with E-state index in [2.05, 4.69) is 19.6 Å². The summed E-state index contributed by atoms with van der Waals surface area (Å²) in [7, 11) is 0. The quantitative estimate of drug-likeness (QED) is 0.343. The Hall–Kier alpha value is -4.54. The number of aromatic nitrogens is 3. The lowest BCUT2D eigenvalue weighted by Gasteiger charge is -2.22. The van der Waals surface area contributed by atoms with Crippen LogP contribution >= 0.6 is 0 Å². The largest absolute Gasteiger partial charge is 0.586 e. The fourth-order valence-corrected chi connectivity index (χ4v) is 4.40. The average molecular weight is 523 g/mol. The van der Waals surface area contributed by atoms with Crippen molar-refractivity contribution in [3.8, 4) is 17.2 Å². The molecule has 0 radical (unpaired) electrons. The van der Waals surface area contributed by atoms with Gasteiger partial charge in [-0.05, 0) is 43.7 Å². The van der Waals surface area contributed by atoms with Crippen LogP contribution in [0.3, 0.4) is 0 Å². The van der Waals surface area contributed by atoms with Crippen molar-refractivity contribution in [3.63, 3.8) is 0 Å². The second-order valence-electron chi connectivity index (χ2n) is 8.50. The number of likely N-dealkylation sites (N-methyl/N-ethyl adjacent to an activating group) is 1. The Balaban J connectivity index is 1.53. The summed E-state index contributed by atoms with van der Waals surface area (Å²) in [5.41, 5.74) is 1.30. The second kappa shape index (κ2) is 10.1. The lowest BCUT2D eigenvalue weighted by molar-refractivity contribution is -0.286. The number of amides is 1. The molecule has 0 atom stereocenters. The highest BCUT2D eigenvalue weighted by Crippen LogP contribution is 2.42. The summed E-state index contributed by atoms with van der Waals surface area (Å²) < 4.78 is 42.7. The number of carbonyl (C=O) groups is 1. The number of anilines is 1. The number of ether oxygens (including phenoxy) is 3. The summed E-state index contributed by atoms with van der Waals surface area (Å²) in [5.74, 6) is -0.374. The van der Waals surface area contributed by atoms with Crippen LogP contribution in [0.5, 0.6) is 17.2 Å². The van der Waals surface area contributed by atoms with Crippen LogP contribution in [0.25, 0.3) is 10.8 Å². The van der Waals surface area contributed by atoms with Crippen molar-refractivity contribution in [2.24, 2.45) is 0 Å². The number of hydrogen-bond donors (Lipinski definition) is 0. The summed E-state index contributed by atoms with van der Waals surface area (Å²) in [6, 6.07) is 13.1. The third kappa shape index (κ3) is 4.86. The van der Waals surface area contributed by atoms with Gasteiger partial charge >= 0.3 is 6.29 Å². The van der Waals surface area contributed by atoms with E-state index in [1.807, 2.05) is 19.1 Å². The fraction of sp³-hybridized carbons (Fsp3) is 0.259. The van der Waals surface area contributed by atoms with E-state index in [9.17, 15) is 18.4 Å². The van der Waals surface area contributed by atoms with Gasteiger partial charge in [0.05, 0.1) is 17.7 Å². The summed E-state index contributed by atoms with van der Waals surface area (Å²) >= 11 is 0. The highest BCUT2D eigenvalue weighted by Gasteiger charge is 2.43. The molecule has 1 aliphatic heterocycles. The molecule has 1 aliphatic rings. The third-order valence-corrected chi connectivity index (χ3v) is 6.02. The number of benzene rings is 2. The van der Waals surface area contributed by atoms with Crippen LogP contribution in [0, 0.1) is 0 Å². The smallest absolute Gasteiger partial charge is 0.493 e. The molecule has 196 valence electrons. The van der Waals surface area contributed by atoms with Crippen LogP contribution in [-0.4, -0.2) is 40.1 Å². The lowest BCUT2D eigenvalue weighted by Crippen LogP contribution is -2.38. The number of pyridine rings is 1. The molecule has 1 amide bonds. The molecule has 4 aromatic rings. The molecule has 38 heavy (non-hydrogen) atoms. The molecule has 0 bridgehead atoms. The maximum Gasteiger partial charge on any atom is 0.586 e. The zero-order valence-corrected chi connectivity index (χ0v) is 20.7. The predicted octanol–water partition coefficient (Wildman–Crippen LogP) is 4.16. The number of alkyl halides is 2. The predicted molar refractivity (Wildman–Crippen MR) is 135 cm³/mol. The number of carbonyl (C=O) groups excluding carboxylic acids is 1. The van der Waals surface area contributed by atoms with E-state index in [-0.39, 0.29) is 24.6 Å². The van der Waals surface area contributed by atoms with Gasteiger partial charge in [-0.2, -0.15) is 5.10 Å². The van der Waals surface area contributed by atoms with E-state index < -0.39 is 17.8 Å². The zero-order valence-electron chi connectivity index (χ0n) is 20.7. The van der Waals surface area contributed by atoms with Crippen molar-refractivity contribution in [1.29, 1.82) is 0 Å². The van der Waals surface area contributed by atoms with E-state index in [1.54, 1.807) is 37.5 Å². The first-order valence-corrected chi connectivity index (χ1v) is 12.0. The molecule has 2 aromatic heterocycles. The molecule has 9 nitrogen and oxygen atoms in total. The number of fused-ring (bicyclic) bond motifs is 2. The van der Waals surface area contributed by atoms with Crippen molar-refractivity contribution in [2.75, 3.05) is 18.1 Å². The first-order chi connectivity index (χ1) is 18.3. The molecule has 2 aromatic carbocycles. The Bertz CT molecular complexity index is 1560. The molecule has 0 saturated heterocycles. The third-order valence-electron chi connectivity index (χ3n) is 6.02. The Morgan fingerprint density at radius 3 is 2.66 bits per heavy atom. The highest BCUT2D eigenvalue weighted by atomic mass is 19.3. The second-order valence-corrected chi connectivity index (χ2v) is 8.50. The maximum absolute atomic E-state index is 13.6. The molecule has 0 N–H and O–H groups in total. The summed E-state index contributed by atoms with van der Waals surface area (Å²) in [6.07, 6.45) is -0.0174. The number of halogens is 2. The monoisotopic (exact) mass is 522 g/mol. The zero-order chi connectivity index (χ0) is 26.9. The SMILES string of the molecule is CCOc1cccc2c(Cc3cccnc3)nn(CC(=O)N(CC)c3ccc4c(c3)OC(F)(F)O4)c(=O)c12. The van der Waals surface area contributed by atoms with Gasteiger partial charge in [0.15, 0.2) is 11.5 Å². The van der Waals surface area contributed by atoms with Gasteiger partial charge in [0, 0.05) is 42.5 Å². The van der Waals surface area contributed by atoms with Gasteiger partial charge in [0.2, 0.25) is 5.91 Å². The molecule has 0 aliphatic carbocycles. The van der Waals surface area contributed by atoms with E-state index in [1.165, 1.54) is 23.1 Å². The molecule has 0 fully saturated rings. The van der Waals surface area contributed by atoms with Crippen molar-refractivity contribution in [1.82, 2.24) is 14.8 Å². The van der Waals surface area contributed by atoms with Crippen LogP contribution in [0.4, 0.5) is 14.5 Å². The van der Waals surface area contributed by atoms with Gasteiger partial charge < -0.3 is 19.1 Å². The van der Waals surface area contributed by atoms with Gasteiger partial charge in [-0.1, -0.05) is 18.2 Å². The van der Waals surface area contributed by atoms with Crippen LogP contribution in [0.15, 0.2) is 65.7 Å². The summed E-state index contributed by atoms with van der Waals surface area (Å²) in [4.78, 5) is 32.5. The van der Waals surface area contributed by atoms with E-state index in [4.69, 9.17) is 4.74 Å². The molecule has 11 heteroatoms. The van der Waals surface area contributed by atoms with Crippen LogP contribution in [-0.2, 0) is 17.8 Å². The minimum absolute atomic E-state index is 0.127. The Morgan fingerprint density at radius 1 is 1.11 bits per heavy atom. The molecule has 0 saturated carbocycles. The highest BCUT2D eigenvalue weighted by molar-refractivity contribution is 5.94. The molecule has 0 unspecified atom stereocenters. The van der Waals surface area contributed by atoms with E-state index >= 15 is 0 Å². The van der Waals surface area contributed by atoms with Crippen LogP contribution in [0.1, 0.15) is 25.1 Å². The van der Waals surface area contributed by atoms with Crippen LogP contribution in [0.2, 0.25) is 0 Å². The van der Waals surface area contributed by atoms with Gasteiger partial charge in [-0.3, -0.25) is 14.6 Å². The van der Waals surface area contributed by atoms with Gasteiger partial charge in [-0.15, -0.1) is 8.78 Å². The molecule has 5 rings (SSSR count). The average Bonchev–Trinajstić information content (AvgIpc) is 3.21. The maximum atomic E-state index is 13.6. The topological polar surface area (TPSA) is 95.8 Å². The summed E-state index contributed by atoms with van der Waals surface area (Å²) in [5, 5.41) is 5.50. The van der Waals surface area contributed by atoms with E-state index in [0.29, 0.717) is 40.9 Å². The molecule has 3 heterocycles. The Morgan fingerprint density at radius 2 is 1.92 bits per heavy atom. The van der Waals surface area contributed by atoms with Crippen molar-refractivity contribution in [3.05, 3.63) is 82.5 Å². The number of hydrogen-bond acceptors (Lipinski definition) is 7. The Labute approximate surface area is 216 Å². The lowest BCUT2D eigenvalue weighted by atomic mass is 10.1. The molecule has 0 spiro atoms. The van der Waals surface area contributed by atoms with Crippen molar-refractivity contribution < 1.29 is 27.8 Å². The fourth-order valence-electron chi connectivity index (χ4n) is 4.40. The normalized spacial score (nSPS) is 13.5. The van der Waals surface area contributed by atoms with Crippen LogP contribution < -0.4 is 24.7 Å². The van der Waals surface area contributed by atoms with Gasteiger partial charge in [-0.25, -0.2) is 4.68 Å². The first kappa shape index (κ1) is 25.1. The Kier molecular flexibility index (Phi) is 6.66. The minimum Gasteiger partial charge on any atom is -0.493 e. The summed E-state index contributed by atoms with van der Waals surface area (Å²) in [6.45, 7) is 3.73. The standard InChI is InChI=1S/C27H24F2N4O5/c1-3-32(18-10-11-21-23(14-18)38-27(28,29)37-21)24(34)16-33-26(35)25-19(8-5-9-22(25)36-4-2)20(31-33)13-17-7-6-12-30-15-17/h5-12,14-15H,3-4,13,16H2,1-2H3. The van der Waals surface area contributed by atoms with Crippen molar-refractivity contribution >= 4 is 22.4 Å². The minimum atomic E-state index is -3.77. The van der Waals surface area contributed by atoms with E-state index in [0.717, 1.165) is 10.2 Å². The van der Waals surface area contributed by atoms with Crippen molar-refractivity contribution in [2.45, 2.75) is 33.1 Å². The van der Waals surface area contributed by atoms with Gasteiger partial charge in [0.1, 0.15) is 12.3 Å². The first-order valence-electron chi connectivity index (χ1n) is 12.0. The number of nitrogens with zero attached hydrogens (tertiary/aromatic N) is 4. The molecular weight excluding hydrogens is 498 g/mol. The van der Waals surface area contributed by atoms with Gasteiger partial charge in [0.25, 0.3) is 5.56 Å². The number of rotatable bonds is 8. The molecular formula is C27H24F2N4O5.